The Morgan fingerprint density at radius 3 is 1.87 bits per heavy atom. The molecule has 0 spiro atoms. The Morgan fingerprint density at radius 2 is 1.29 bits per heavy atom. The molecule has 0 aromatic heterocycles. The number of rotatable bonds is 13. The Morgan fingerprint density at radius 1 is 0.667 bits per heavy atom. The number of carbonyl (C=O) groups is 2. The number of non-ortho nitro benzene ring substituents is 2. The molecule has 0 amide bonds. The molecule has 0 atom stereocenters. The van der Waals surface area contributed by atoms with E-state index in [9.17, 15) is 73.8 Å². The van der Waals surface area contributed by atoms with E-state index in [1.54, 1.807) is 0 Å². The largest absolute Gasteiger partial charge is 0.505 e. The normalized spacial score (nSPS) is 15.7. The van der Waals surface area contributed by atoms with E-state index >= 15 is 0 Å². The number of nitrogens with one attached hydrogen (secondary N) is 3. The van der Waals surface area contributed by atoms with Crippen molar-refractivity contribution in [3.05, 3.63) is 138 Å². The van der Waals surface area contributed by atoms with E-state index in [0.29, 0.717) is 30.4 Å². The van der Waals surface area contributed by atoms with Gasteiger partial charge in [0.15, 0.2) is 5.71 Å². The van der Waals surface area contributed by atoms with Crippen LogP contribution < -0.4 is 16.2 Å². The van der Waals surface area contributed by atoms with Gasteiger partial charge in [-0.05, 0) is 60.2 Å². The number of hydrogen-bond donors (Lipinski definition) is 7. The van der Waals surface area contributed by atoms with E-state index in [2.05, 4.69) is 36.6 Å². The van der Waals surface area contributed by atoms with Crippen molar-refractivity contribution in [2.75, 3.05) is 16.2 Å². The van der Waals surface area contributed by atoms with Crippen molar-refractivity contribution in [2.24, 2.45) is 20.4 Å². The van der Waals surface area contributed by atoms with Gasteiger partial charge in [-0.15, -0.1) is 10.2 Å². The molecule has 0 fully saturated rings. The van der Waals surface area contributed by atoms with Gasteiger partial charge in [-0.3, -0.25) is 54.3 Å². The van der Waals surface area contributed by atoms with Crippen molar-refractivity contribution >= 4 is 111 Å². The van der Waals surface area contributed by atoms with Gasteiger partial charge >= 0.3 is 0 Å². The number of ketones is 2. The molecule has 6 rings (SSSR count). The zero-order valence-electron chi connectivity index (χ0n) is 30.6. The predicted octanol–water partition coefficient (Wildman–Crippen LogP) is 5.75. The summed E-state index contributed by atoms with van der Waals surface area (Å²) in [6.07, 6.45) is 2.21. The van der Waals surface area contributed by atoms with Crippen LogP contribution in [0.25, 0.3) is 6.08 Å². The Balaban J connectivity index is 1.31. The Labute approximate surface area is 357 Å². The SMILES string of the molecule is O=C1C=C(O)C(N=Nc2cc(S(=O)(=O)O)cc3c2C(=O)/C(=N/Nc2ccc([N+](=O)[O-])cc2Cl)C(S(=O)(=O)O)=C3)=C/C1=N/Nc1ccc(Nc2ccc([N+](=O)[O-])cc2S(=O)(=O)O)cc1. The van der Waals surface area contributed by atoms with Crippen LogP contribution in [0.3, 0.4) is 0 Å². The van der Waals surface area contributed by atoms with Crippen molar-refractivity contribution in [3.63, 3.8) is 0 Å². The van der Waals surface area contributed by atoms with Gasteiger partial charge in [-0.2, -0.15) is 35.5 Å². The van der Waals surface area contributed by atoms with Gasteiger partial charge in [-0.25, -0.2) is 0 Å². The second-order valence-electron chi connectivity index (χ2n) is 12.5. The number of nitro benzene ring substituents is 2. The minimum absolute atomic E-state index is 0.164. The first kappa shape index (κ1) is 44.9. The maximum Gasteiger partial charge on any atom is 0.296 e. The number of nitro groups is 2. The quantitative estimate of drug-likeness (QED) is 0.0276. The van der Waals surface area contributed by atoms with Crippen LogP contribution in [0.2, 0.25) is 5.02 Å². The van der Waals surface area contributed by atoms with Gasteiger partial charge in [-0.1, -0.05) is 11.6 Å². The number of azo groups is 1. The highest BCUT2D eigenvalue weighted by atomic mass is 35.5. The summed E-state index contributed by atoms with van der Waals surface area (Å²) in [5, 5.41) is 50.5. The minimum Gasteiger partial charge on any atom is -0.505 e. The maximum absolute atomic E-state index is 13.9. The van der Waals surface area contributed by atoms with E-state index in [4.69, 9.17) is 11.6 Å². The maximum atomic E-state index is 13.9. The van der Waals surface area contributed by atoms with Crippen LogP contribution in [0.15, 0.2) is 132 Å². The number of allylic oxidation sites excluding steroid dienone is 3. The predicted molar refractivity (Wildman–Crippen MR) is 221 cm³/mol. The fourth-order valence-electron chi connectivity index (χ4n) is 5.45. The Bertz CT molecular complexity index is 3240. The number of aliphatic hydroxyl groups excluding tert-OH is 1. The lowest BCUT2D eigenvalue weighted by Gasteiger charge is -2.18. The number of halogens is 1. The summed E-state index contributed by atoms with van der Waals surface area (Å²) in [5.74, 6) is -2.98. The van der Waals surface area contributed by atoms with Crippen LogP contribution in [0.4, 0.5) is 39.8 Å². The van der Waals surface area contributed by atoms with E-state index < -0.39 is 118 Å². The number of hydrogen-bond acceptors (Lipinski definition) is 20. The van der Waals surface area contributed by atoms with Gasteiger partial charge in [0.2, 0.25) is 11.6 Å². The molecule has 7 N–H and O–H groups in total. The molecular formula is C34H22ClN9O16S3. The zero-order valence-corrected chi connectivity index (χ0v) is 33.8. The first-order valence-electron chi connectivity index (χ1n) is 16.6. The van der Waals surface area contributed by atoms with Gasteiger partial charge in [0.25, 0.3) is 41.7 Å². The smallest absolute Gasteiger partial charge is 0.296 e. The molecule has 29 heteroatoms. The summed E-state index contributed by atoms with van der Waals surface area (Å²) >= 11 is 6.06. The van der Waals surface area contributed by atoms with E-state index in [0.717, 1.165) is 36.4 Å². The number of benzene rings is 4. The molecule has 4 aromatic rings. The van der Waals surface area contributed by atoms with Crippen LogP contribution in [-0.2, 0) is 35.1 Å². The van der Waals surface area contributed by atoms with Gasteiger partial charge in [0.1, 0.15) is 27.0 Å². The second kappa shape index (κ2) is 17.0. The van der Waals surface area contributed by atoms with Crippen molar-refractivity contribution in [3.8, 4) is 0 Å². The van der Waals surface area contributed by atoms with Gasteiger partial charge in [0, 0.05) is 42.1 Å². The first-order valence-corrected chi connectivity index (χ1v) is 21.3. The number of fused-ring (bicyclic) bond motifs is 1. The number of anilines is 4. The molecule has 4 aromatic carbocycles. The van der Waals surface area contributed by atoms with E-state index in [1.165, 1.54) is 24.3 Å². The molecule has 0 radical (unpaired) electrons. The highest BCUT2D eigenvalue weighted by Crippen LogP contribution is 2.37. The summed E-state index contributed by atoms with van der Waals surface area (Å²) in [6, 6.07) is 12.6. The number of carbonyl (C=O) groups excluding carboxylic acids is 2. The molecule has 2 aliphatic carbocycles. The van der Waals surface area contributed by atoms with E-state index in [-0.39, 0.29) is 27.8 Å². The summed E-state index contributed by atoms with van der Waals surface area (Å²) in [6.45, 7) is 0. The van der Waals surface area contributed by atoms with Crippen molar-refractivity contribution in [2.45, 2.75) is 9.79 Å². The molecular weight excluding hydrogens is 922 g/mol. The van der Waals surface area contributed by atoms with Crippen LogP contribution in [0.1, 0.15) is 15.9 Å². The Hall–Kier alpha value is -7.60. The average Bonchev–Trinajstić information content (AvgIpc) is 3.19. The zero-order chi connectivity index (χ0) is 46.2. The monoisotopic (exact) mass is 943 g/mol. The average molecular weight is 944 g/mol. The molecule has 324 valence electrons. The molecule has 0 heterocycles. The molecule has 2 aliphatic rings. The van der Waals surface area contributed by atoms with Crippen molar-refractivity contribution < 1.29 is 63.5 Å². The van der Waals surface area contributed by atoms with Crippen LogP contribution in [0, 0.1) is 20.2 Å². The van der Waals surface area contributed by atoms with Crippen LogP contribution in [-0.4, -0.2) is 76.9 Å². The highest BCUT2D eigenvalue weighted by molar-refractivity contribution is 7.91. The number of hydrazone groups is 2. The van der Waals surface area contributed by atoms with Crippen molar-refractivity contribution in [1.82, 2.24) is 0 Å². The standard InChI is InChI=1S/C34H22ClN9O16S3/c35-22-11-19(43(48)49)5-7-23(22)38-42-33-31(63(58,59)60)10-16-9-21(61(52,53)54)13-27(32(16)34(33)47)41-40-26-14-25(28(45)15-29(26)46)39-37-18-3-1-17(2-4-18)36-24-8-6-20(44(50)51)12-30(24)62(55,56)57/h1-15,36-38,46H,(H,52,53,54)(H,55,56,57)(H,58,59,60)/b39-25-,41-40?,42-33+. The first-order chi connectivity index (χ1) is 29.4. The molecule has 0 bridgehead atoms. The fourth-order valence-corrected chi connectivity index (χ4v) is 7.53. The lowest BCUT2D eigenvalue weighted by molar-refractivity contribution is -0.385. The summed E-state index contributed by atoms with van der Waals surface area (Å²) < 4.78 is 102. The number of Topliss-reactive ketones (excluding diaryl/α,β-unsaturated/α-hetero) is 1. The number of nitrogens with zero attached hydrogens (tertiary/aromatic N) is 6. The third-order valence-corrected chi connectivity index (χ3v) is 11.3. The summed E-state index contributed by atoms with van der Waals surface area (Å²) in [4.78, 5) is 44.4. The topological polar surface area (TPSA) is 389 Å². The van der Waals surface area contributed by atoms with Gasteiger partial charge in [0.05, 0.1) is 48.1 Å². The molecule has 0 aliphatic heterocycles. The molecule has 0 saturated carbocycles. The third-order valence-electron chi connectivity index (χ3n) is 8.36. The molecule has 25 nitrogen and oxygen atoms in total. The third kappa shape index (κ3) is 10.1. The fraction of sp³-hybridized carbons (Fsp3) is 0. The van der Waals surface area contributed by atoms with Gasteiger partial charge < -0.3 is 10.4 Å². The number of aliphatic hydroxyl groups is 1. The Kier molecular flexibility index (Phi) is 12.2. The van der Waals surface area contributed by atoms with Crippen LogP contribution in [0.5, 0.6) is 0 Å². The minimum atomic E-state index is -5.31. The van der Waals surface area contributed by atoms with Crippen molar-refractivity contribution in [1.29, 1.82) is 0 Å². The van der Waals surface area contributed by atoms with Crippen LogP contribution >= 0.6 is 11.6 Å². The lowest BCUT2D eigenvalue weighted by Crippen LogP contribution is -2.27. The summed E-state index contributed by atoms with van der Waals surface area (Å²) in [7, 11) is -15.3. The molecule has 0 unspecified atom stereocenters. The molecule has 63 heavy (non-hydrogen) atoms. The highest BCUT2D eigenvalue weighted by Gasteiger charge is 2.36. The second-order valence-corrected chi connectivity index (χ2v) is 17.1. The molecule has 0 saturated heterocycles. The van der Waals surface area contributed by atoms with E-state index in [1.807, 2.05) is 0 Å². The lowest BCUT2D eigenvalue weighted by atomic mass is 9.93. The summed E-state index contributed by atoms with van der Waals surface area (Å²) in [5.41, 5.74) is 0.189.